The van der Waals surface area contributed by atoms with E-state index in [1.165, 1.54) is 7.11 Å². The number of benzene rings is 2. The van der Waals surface area contributed by atoms with Gasteiger partial charge in [0.2, 0.25) is 0 Å². The normalized spacial score (nSPS) is 16.7. The lowest BCUT2D eigenvalue weighted by Crippen LogP contribution is -2.30. The molecule has 1 N–H and O–H groups in total. The molecule has 8 nitrogen and oxygen atoms in total. The summed E-state index contributed by atoms with van der Waals surface area (Å²) in [4.78, 5) is 18.9. The number of ether oxygens (including phenoxy) is 3. The number of hydrogen-bond donors (Lipinski definition) is 1. The van der Waals surface area contributed by atoms with Gasteiger partial charge < -0.3 is 29.0 Å². The second-order valence-electron chi connectivity index (χ2n) is 8.80. The van der Waals surface area contributed by atoms with Gasteiger partial charge in [-0.1, -0.05) is 23.7 Å². The number of thiocarbonyl (C=S) groups is 1. The van der Waals surface area contributed by atoms with Crippen LogP contribution < -0.4 is 15.0 Å². The number of rotatable bonds is 9. The van der Waals surface area contributed by atoms with Crippen molar-refractivity contribution in [1.29, 1.82) is 0 Å². The van der Waals surface area contributed by atoms with Crippen LogP contribution in [0.2, 0.25) is 5.02 Å². The molecule has 0 spiro atoms. The second kappa shape index (κ2) is 11.9. The Morgan fingerprint density at radius 1 is 1.03 bits per heavy atom. The van der Waals surface area contributed by atoms with Gasteiger partial charge in [-0.3, -0.25) is 4.98 Å². The summed E-state index contributed by atoms with van der Waals surface area (Å²) in [5, 5.41) is 4.47. The predicted octanol–water partition coefficient (Wildman–Crippen LogP) is 5.51. The van der Waals surface area contributed by atoms with Gasteiger partial charge in [0, 0.05) is 36.6 Å². The largest absolute Gasteiger partial charge is 0.490 e. The maximum absolute atomic E-state index is 12.2. The van der Waals surface area contributed by atoms with Crippen LogP contribution in [0.4, 0.5) is 5.69 Å². The molecule has 0 saturated carbocycles. The van der Waals surface area contributed by atoms with Gasteiger partial charge in [0.15, 0.2) is 5.11 Å². The van der Waals surface area contributed by atoms with Crippen LogP contribution >= 0.6 is 23.8 Å². The fourth-order valence-electron chi connectivity index (χ4n) is 4.70. The van der Waals surface area contributed by atoms with E-state index < -0.39 is 5.97 Å². The van der Waals surface area contributed by atoms with E-state index in [0.29, 0.717) is 34.7 Å². The number of nitrogens with one attached hydrogen (secondary N) is 1. The van der Waals surface area contributed by atoms with Gasteiger partial charge in [0.25, 0.3) is 0 Å². The Morgan fingerprint density at radius 2 is 1.90 bits per heavy atom. The van der Waals surface area contributed by atoms with Crippen LogP contribution in [0.1, 0.15) is 33.8 Å². The first-order valence-electron chi connectivity index (χ1n) is 12.3. The highest BCUT2D eigenvalue weighted by atomic mass is 35.5. The monoisotopic (exact) mass is 562 g/mol. The minimum absolute atomic E-state index is 0.257. The van der Waals surface area contributed by atoms with Crippen molar-refractivity contribution in [2.24, 2.45) is 0 Å². The molecule has 1 aliphatic heterocycles. The smallest absolute Gasteiger partial charge is 0.337 e. The molecule has 5 rings (SSSR count). The number of aromatic nitrogens is 2. The van der Waals surface area contributed by atoms with Crippen molar-refractivity contribution in [3.63, 3.8) is 0 Å². The molecule has 3 heterocycles. The summed E-state index contributed by atoms with van der Waals surface area (Å²) < 4.78 is 17.8. The van der Waals surface area contributed by atoms with Gasteiger partial charge in [-0.05, 0) is 72.9 Å². The van der Waals surface area contributed by atoms with Gasteiger partial charge in [0.05, 0.1) is 36.0 Å². The van der Waals surface area contributed by atoms with Crippen LogP contribution in [-0.4, -0.2) is 48.1 Å². The van der Waals surface area contributed by atoms with E-state index in [2.05, 4.69) is 10.3 Å². The molecule has 0 radical (unpaired) electrons. The Morgan fingerprint density at radius 3 is 2.64 bits per heavy atom. The van der Waals surface area contributed by atoms with Crippen molar-refractivity contribution in [3.8, 4) is 11.4 Å². The number of anilines is 1. The summed E-state index contributed by atoms with van der Waals surface area (Å²) in [6.07, 6.45) is 3.72. The minimum Gasteiger partial charge on any atom is -0.490 e. The maximum Gasteiger partial charge on any atom is 0.337 e. The third-order valence-corrected chi connectivity index (χ3v) is 7.08. The van der Waals surface area contributed by atoms with Crippen molar-refractivity contribution >= 4 is 40.6 Å². The molecule has 1 aliphatic rings. The van der Waals surface area contributed by atoms with Crippen LogP contribution in [0, 0.1) is 0 Å². The number of carbonyl (C=O) groups excluding carboxylic acids is 1. The number of esters is 1. The molecule has 2 atom stereocenters. The Hall–Kier alpha value is -3.92. The van der Waals surface area contributed by atoms with Crippen LogP contribution in [0.15, 0.2) is 85.2 Å². The summed E-state index contributed by atoms with van der Waals surface area (Å²) in [7, 11) is 2.99. The average Bonchev–Trinajstić information content (AvgIpc) is 3.58. The van der Waals surface area contributed by atoms with E-state index in [-0.39, 0.29) is 12.1 Å². The summed E-state index contributed by atoms with van der Waals surface area (Å²) in [5.74, 6) is 0.168. The Balaban J connectivity index is 1.59. The first kappa shape index (κ1) is 26.7. The van der Waals surface area contributed by atoms with Crippen LogP contribution in [0.3, 0.4) is 0 Å². The van der Waals surface area contributed by atoms with E-state index in [1.807, 2.05) is 76.3 Å². The SMILES string of the molecule is COCCOc1ccc(N2C(=S)NC(c3ccccn3)C2c2cccn2-c2cccc(C(=O)OC)c2)cc1Cl. The molecule has 1 saturated heterocycles. The van der Waals surface area contributed by atoms with Gasteiger partial charge in [-0.15, -0.1) is 0 Å². The molecule has 2 aromatic heterocycles. The molecule has 4 aromatic rings. The topological polar surface area (TPSA) is 77.9 Å². The Bertz CT molecular complexity index is 1480. The number of methoxy groups -OCH3 is 2. The van der Waals surface area contributed by atoms with E-state index in [1.54, 1.807) is 25.4 Å². The first-order chi connectivity index (χ1) is 19.0. The van der Waals surface area contributed by atoms with Crippen LogP contribution in [0.5, 0.6) is 5.75 Å². The van der Waals surface area contributed by atoms with Crippen molar-refractivity contribution in [2.45, 2.75) is 12.1 Å². The molecule has 2 unspecified atom stereocenters. The molecule has 10 heteroatoms. The zero-order valence-corrected chi connectivity index (χ0v) is 23.0. The van der Waals surface area contributed by atoms with Gasteiger partial charge in [0.1, 0.15) is 18.4 Å². The molecule has 200 valence electrons. The molecule has 0 bridgehead atoms. The maximum atomic E-state index is 12.2. The van der Waals surface area contributed by atoms with Gasteiger partial charge >= 0.3 is 5.97 Å². The van der Waals surface area contributed by atoms with Crippen molar-refractivity contribution in [3.05, 3.63) is 107 Å². The van der Waals surface area contributed by atoms with Crippen molar-refractivity contribution in [1.82, 2.24) is 14.9 Å². The van der Waals surface area contributed by atoms with Gasteiger partial charge in [-0.25, -0.2) is 4.79 Å². The molecular weight excluding hydrogens is 536 g/mol. The number of halogens is 1. The summed E-state index contributed by atoms with van der Waals surface area (Å²) in [6, 6.07) is 22.2. The van der Waals surface area contributed by atoms with E-state index in [4.69, 9.17) is 38.0 Å². The van der Waals surface area contributed by atoms with E-state index in [9.17, 15) is 4.79 Å². The zero-order valence-electron chi connectivity index (χ0n) is 21.4. The van der Waals surface area contributed by atoms with Gasteiger partial charge in [-0.2, -0.15) is 0 Å². The quantitative estimate of drug-likeness (QED) is 0.162. The minimum atomic E-state index is -0.398. The fraction of sp³-hybridized carbons (Fsp3) is 0.207. The lowest BCUT2D eigenvalue weighted by Gasteiger charge is -2.29. The Labute approximate surface area is 237 Å². The molecule has 39 heavy (non-hydrogen) atoms. The third kappa shape index (κ3) is 5.47. The predicted molar refractivity (Wildman–Crippen MR) is 154 cm³/mol. The second-order valence-corrected chi connectivity index (χ2v) is 9.59. The summed E-state index contributed by atoms with van der Waals surface area (Å²) >= 11 is 12.5. The number of pyridine rings is 1. The zero-order chi connectivity index (χ0) is 27.4. The summed E-state index contributed by atoms with van der Waals surface area (Å²) in [6.45, 7) is 0.849. The number of hydrogen-bond acceptors (Lipinski definition) is 6. The lowest BCUT2D eigenvalue weighted by atomic mass is 10.0. The highest BCUT2D eigenvalue weighted by molar-refractivity contribution is 7.80. The molecule has 0 amide bonds. The molecule has 0 aliphatic carbocycles. The molecule has 2 aromatic carbocycles. The highest BCUT2D eigenvalue weighted by Gasteiger charge is 2.42. The van der Waals surface area contributed by atoms with Crippen molar-refractivity contribution in [2.75, 3.05) is 32.3 Å². The number of carbonyl (C=O) groups is 1. The molecular formula is C29H27ClN4O4S. The van der Waals surface area contributed by atoms with Crippen LogP contribution in [-0.2, 0) is 9.47 Å². The lowest BCUT2D eigenvalue weighted by molar-refractivity contribution is 0.0600. The van der Waals surface area contributed by atoms with E-state index >= 15 is 0 Å². The van der Waals surface area contributed by atoms with Crippen LogP contribution in [0.25, 0.3) is 5.69 Å². The van der Waals surface area contributed by atoms with E-state index in [0.717, 1.165) is 22.8 Å². The first-order valence-corrected chi connectivity index (χ1v) is 13.1. The standard InChI is InChI=1S/C29H27ClN4O4S/c1-36-15-16-38-25-12-11-21(18-22(25)30)34-27(26(32-29(34)39)23-9-3-4-13-31-23)24-10-6-14-33(24)20-8-5-7-19(17-20)28(35)37-2/h3-14,17-18,26-27H,15-16H2,1-2H3,(H,32,39). The Kier molecular flexibility index (Phi) is 8.11. The summed E-state index contributed by atoms with van der Waals surface area (Å²) in [5.41, 5.74) is 3.86. The fourth-order valence-corrected chi connectivity index (χ4v) is 5.27. The average molecular weight is 563 g/mol. The highest BCUT2D eigenvalue weighted by Crippen LogP contribution is 2.43. The third-order valence-electron chi connectivity index (χ3n) is 6.47. The number of nitrogens with zero attached hydrogens (tertiary/aromatic N) is 3. The molecule has 1 fully saturated rings. The van der Waals surface area contributed by atoms with Crippen molar-refractivity contribution < 1.29 is 19.0 Å².